The van der Waals surface area contributed by atoms with E-state index >= 15 is 0 Å². The van der Waals surface area contributed by atoms with Gasteiger partial charge in [-0.1, -0.05) is 36.4 Å². The average Bonchev–Trinajstić information content (AvgIpc) is 2.53. The Kier molecular flexibility index (Phi) is 3.70. The van der Waals surface area contributed by atoms with Crippen LogP contribution in [0.4, 0.5) is 0 Å². The lowest BCUT2D eigenvalue weighted by molar-refractivity contribution is 0.287. The number of aryl methyl sites for hydroxylation is 1. The fraction of sp³-hybridized carbons (Fsp3) is 0.176. The summed E-state index contributed by atoms with van der Waals surface area (Å²) in [5, 5.41) is 11.3. The van der Waals surface area contributed by atoms with Crippen LogP contribution in [0.15, 0.2) is 54.7 Å². The zero-order valence-electron chi connectivity index (χ0n) is 11.2. The van der Waals surface area contributed by atoms with E-state index in [0.717, 1.165) is 17.1 Å². The van der Waals surface area contributed by atoms with Crippen LogP contribution < -0.4 is 0 Å². The second kappa shape index (κ2) is 5.80. The molecule has 0 aliphatic carbocycles. The molecule has 0 amide bonds. The molecule has 3 rings (SSSR count). The Hall–Kier alpha value is -2.26. The molecule has 0 bridgehead atoms. The Morgan fingerprint density at radius 3 is 2.65 bits per heavy atom. The summed E-state index contributed by atoms with van der Waals surface area (Å²) in [5.74, 6) is 0.782. The van der Waals surface area contributed by atoms with E-state index < -0.39 is 0 Å². The third kappa shape index (κ3) is 2.68. The number of aliphatic hydroxyl groups excluding tert-OH is 1. The third-order valence-corrected chi connectivity index (χ3v) is 3.31. The van der Waals surface area contributed by atoms with Crippen LogP contribution in [0, 0.1) is 0 Å². The van der Waals surface area contributed by atoms with E-state index in [-0.39, 0.29) is 6.61 Å². The van der Waals surface area contributed by atoms with Gasteiger partial charge < -0.3 is 5.11 Å². The SMILES string of the molecule is OCCCc1nccc(-c2ccc3ccccc3c2)n1. The molecule has 3 nitrogen and oxygen atoms in total. The number of nitrogens with zero attached hydrogens (tertiary/aromatic N) is 2. The predicted molar refractivity (Wildman–Crippen MR) is 80.4 cm³/mol. The molecule has 100 valence electrons. The molecule has 1 N–H and O–H groups in total. The molecule has 1 heterocycles. The third-order valence-electron chi connectivity index (χ3n) is 3.31. The molecule has 2 aromatic carbocycles. The second-order valence-electron chi connectivity index (χ2n) is 4.75. The summed E-state index contributed by atoms with van der Waals surface area (Å²) in [7, 11) is 0. The lowest BCUT2D eigenvalue weighted by Crippen LogP contribution is -1.98. The highest BCUT2D eigenvalue weighted by Crippen LogP contribution is 2.22. The Morgan fingerprint density at radius 1 is 0.950 bits per heavy atom. The average molecular weight is 264 g/mol. The van der Waals surface area contributed by atoms with Gasteiger partial charge in [0.15, 0.2) is 0 Å². The summed E-state index contributed by atoms with van der Waals surface area (Å²) >= 11 is 0. The number of benzene rings is 2. The van der Waals surface area contributed by atoms with Crippen molar-refractivity contribution in [3.05, 3.63) is 60.6 Å². The summed E-state index contributed by atoms with van der Waals surface area (Å²) in [6, 6.07) is 16.6. The quantitative estimate of drug-likeness (QED) is 0.787. The Labute approximate surface area is 117 Å². The van der Waals surface area contributed by atoms with Crippen LogP contribution >= 0.6 is 0 Å². The van der Waals surface area contributed by atoms with Gasteiger partial charge in [0.1, 0.15) is 5.82 Å². The van der Waals surface area contributed by atoms with Gasteiger partial charge in [-0.05, 0) is 29.3 Å². The summed E-state index contributed by atoms with van der Waals surface area (Å²) < 4.78 is 0. The second-order valence-corrected chi connectivity index (χ2v) is 4.75. The summed E-state index contributed by atoms with van der Waals surface area (Å²) in [5.41, 5.74) is 2.02. The highest BCUT2D eigenvalue weighted by atomic mass is 16.2. The van der Waals surface area contributed by atoms with E-state index in [4.69, 9.17) is 5.11 Å². The zero-order chi connectivity index (χ0) is 13.8. The number of fused-ring (bicyclic) bond motifs is 1. The molecule has 1 aromatic heterocycles. The van der Waals surface area contributed by atoms with Crippen molar-refractivity contribution in [2.24, 2.45) is 0 Å². The molecule has 0 aliphatic heterocycles. The number of rotatable bonds is 4. The molecule has 3 heteroatoms. The van der Waals surface area contributed by atoms with Gasteiger partial charge in [0.25, 0.3) is 0 Å². The fourth-order valence-corrected chi connectivity index (χ4v) is 2.27. The van der Waals surface area contributed by atoms with E-state index in [2.05, 4.69) is 40.3 Å². The van der Waals surface area contributed by atoms with Gasteiger partial charge >= 0.3 is 0 Å². The van der Waals surface area contributed by atoms with Crippen molar-refractivity contribution >= 4 is 10.8 Å². The van der Waals surface area contributed by atoms with Crippen molar-refractivity contribution < 1.29 is 5.11 Å². The van der Waals surface area contributed by atoms with Crippen molar-refractivity contribution in [1.82, 2.24) is 9.97 Å². The number of aromatic nitrogens is 2. The Bertz CT molecular complexity index is 725. The molecular formula is C17H16N2O. The molecule has 0 unspecified atom stereocenters. The topological polar surface area (TPSA) is 46.0 Å². The van der Waals surface area contributed by atoms with E-state index in [1.54, 1.807) is 6.20 Å². The van der Waals surface area contributed by atoms with Gasteiger partial charge in [-0.3, -0.25) is 0 Å². The summed E-state index contributed by atoms with van der Waals surface area (Å²) in [6.07, 6.45) is 3.18. The predicted octanol–water partition coefficient (Wildman–Crippen LogP) is 3.22. The lowest BCUT2D eigenvalue weighted by Gasteiger charge is -2.05. The van der Waals surface area contributed by atoms with E-state index in [1.807, 2.05) is 18.2 Å². The first-order valence-corrected chi connectivity index (χ1v) is 6.79. The van der Waals surface area contributed by atoms with E-state index in [9.17, 15) is 0 Å². The molecular weight excluding hydrogens is 248 g/mol. The standard InChI is InChI=1S/C17H16N2O/c20-11-3-6-17-18-10-9-16(19-17)15-8-7-13-4-1-2-5-14(13)12-15/h1-2,4-5,7-10,12,20H,3,6,11H2. The minimum atomic E-state index is 0.170. The molecule has 0 fully saturated rings. The maximum Gasteiger partial charge on any atom is 0.129 e. The van der Waals surface area contributed by atoms with Crippen LogP contribution in [-0.4, -0.2) is 21.7 Å². The van der Waals surface area contributed by atoms with Gasteiger partial charge in [0.05, 0.1) is 5.69 Å². The zero-order valence-corrected chi connectivity index (χ0v) is 11.2. The van der Waals surface area contributed by atoms with E-state index in [1.165, 1.54) is 10.8 Å². The molecule has 20 heavy (non-hydrogen) atoms. The molecule has 0 spiro atoms. The number of aliphatic hydroxyl groups is 1. The minimum Gasteiger partial charge on any atom is -0.396 e. The van der Waals surface area contributed by atoms with Crippen LogP contribution in [0.2, 0.25) is 0 Å². The van der Waals surface area contributed by atoms with Crippen molar-refractivity contribution in [1.29, 1.82) is 0 Å². The largest absolute Gasteiger partial charge is 0.396 e. The smallest absolute Gasteiger partial charge is 0.129 e. The molecule has 0 saturated heterocycles. The van der Waals surface area contributed by atoms with Crippen molar-refractivity contribution in [3.63, 3.8) is 0 Å². The number of hydrogen-bond acceptors (Lipinski definition) is 3. The van der Waals surface area contributed by atoms with Crippen LogP contribution in [-0.2, 0) is 6.42 Å². The molecule has 0 saturated carbocycles. The summed E-state index contributed by atoms with van der Waals surface area (Å²) in [4.78, 5) is 8.81. The minimum absolute atomic E-state index is 0.170. The Morgan fingerprint density at radius 2 is 1.80 bits per heavy atom. The normalized spacial score (nSPS) is 10.8. The monoisotopic (exact) mass is 264 g/mol. The maximum atomic E-state index is 8.88. The first-order chi connectivity index (χ1) is 9.86. The van der Waals surface area contributed by atoms with Gasteiger partial charge in [0.2, 0.25) is 0 Å². The highest BCUT2D eigenvalue weighted by molar-refractivity contribution is 5.86. The van der Waals surface area contributed by atoms with Crippen LogP contribution in [0.25, 0.3) is 22.0 Å². The maximum absolute atomic E-state index is 8.88. The molecule has 0 aliphatic rings. The fourth-order valence-electron chi connectivity index (χ4n) is 2.27. The highest BCUT2D eigenvalue weighted by Gasteiger charge is 2.03. The number of hydrogen-bond donors (Lipinski definition) is 1. The lowest BCUT2D eigenvalue weighted by atomic mass is 10.0. The molecule has 3 aromatic rings. The van der Waals surface area contributed by atoms with Gasteiger partial charge in [-0.15, -0.1) is 0 Å². The van der Waals surface area contributed by atoms with Gasteiger partial charge in [-0.2, -0.15) is 0 Å². The van der Waals surface area contributed by atoms with E-state index in [0.29, 0.717) is 12.8 Å². The first-order valence-electron chi connectivity index (χ1n) is 6.79. The summed E-state index contributed by atoms with van der Waals surface area (Å²) in [6.45, 7) is 0.170. The molecule has 0 atom stereocenters. The Balaban J connectivity index is 1.97. The van der Waals surface area contributed by atoms with Crippen LogP contribution in [0.3, 0.4) is 0 Å². The van der Waals surface area contributed by atoms with Crippen LogP contribution in [0.1, 0.15) is 12.2 Å². The van der Waals surface area contributed by atoms with Crippen molar-refractivity contribution in [2.45, 2.75) is 12.8 Å². The van der Waals surface area contributed by atoms with Crippen molar-refractivity contribution in [3.8, 4) is 11.3 Å². The first kappa shape index (κ1) is 12.8. The van der Waals surface area contributed by atoms with Crippen molar-refractivity contribution in [2.75, 3.05) is 6.61 Å². The molecule has 0 radical (unpaired) electrons. The van der Waals surface area contributed by atoms with Gasteiger partial charge in [0, 0.05) is 24.8 Å². The van der Waals surface area contributed by atoms with Crippen LogP contribution in [0.5, 0.6) is 0 Å². The van der Waals surface area contributed by atoms with Gasteiger partial charge in [-0.25, -0.2) is 9.97 Å².